The number of nitrogens with zero attached hydrogens (tertiary/aromatic N) is 3. The van der Waals surface area contributed by atoms with E-state index in [1.165, 1.54) is 41.3 Å². The number of anilines is 1. The van der Waals surface area contributed by atoms with Crippen LogP contribution in [0.1, 0.15) is 33.2 Å². The van der Waals surface area contributed by atoms with Gasteiger partial charge in [0.2, 0.25) is 9.84 Å². The molecule has 0 N–H and O–H groups in total. The van der Waals surface area contributed by atoms with Crippen LogP contribution >= 0.6 is 0 Å². The Kier molecular flexibility index (Phi) is 6.36. The third-order valence-corrected chi connectivity index (χ3v) is 8.69. The van der Waals surface area contributed by atoms with Crippen LogP contribution in [0.25, 0.3) is 0 Å². The van der Waals surface area contributed by atoms with E-state index >= 15 is 0 Å². The standard InChI is InChI=1S/C27H26FN3O4S/c1-2-29-13-15-30(16-14-29)26(32)19-11-12-25-23(17-19)31(18-20-7-3-5-9-22(20)28)27(33)21-8-4-6-10-24(21)36(25,34)35/h3-12,17H,2,13-16,18H2,1H3. The van der Waals surface area contributed by atoms with Crippen molar-refractivity contribution >= 4 is 27.3 Å². The fourth-order valence-electron chi connectivity index (χ4n) is 4.74. The third-order valence-electron chi connectivity index (χ3n) is 6.83. The summed E-state index contributed by atoms with van der Waals surface area (Å²) in [6.45, 7) is 5.44. The van der Waals surface area contributed by atoms with E-state index < -0.39 is 21.6 Å². The van der Waals surface area contributed by atoms with Gasteiger partial charge in [-0.3, -0.25) is 9.59 Å². The van der Waals surface area contributed by atoms with E-state index in [1.54, 1.807) is 35.2 Å². The molecule has 0 aliphatic carbocycles. The summed E-state index contributed by atoms with van der Waals surface area (Å²) < 4.78 is 41.8. The number of fused-ring (bicyclic) bond motifs is 2. The number of benzene rings is 3. The third kappa shape index (κ3) is 4.18. The van der Waals surface area contributed by atoms with Crippen LogP contribution in [0.4, 0.5) is 10.1 Å². The molecular formula is C27H26FN3O4S. The van der Waals surface area contributed by atoms with Gasteiger partial charge in [-0.1, -0.05) is 37.3 Å². The number of rotatable bonds is 4. The predicted molar refractivity (Wildman–Crippen MR) is 133 cm³/mol. The Bertz CT molecular complexity index is 1450. The van der Waals surface area contributed by atoms with Gasteiger partial charge in [0.25, 0.3) is 11.8 Å². The lowest BCUT2D eigenvalue weighted by atomic mass is 10.1. The Morgan fingerprint density at radius 2 is 1.61 bits per heavy atom. The predicted octanol–water partition coefficient (Wildman–Crippen LogP) is 3.60. The van der Waals surface area contributed by atoms with Gasteiger partial charge in [0.15, 0.2) is 0 Å². The minimum absolute atomic E-state index is 0.00797. The number of sulfone groups is 1. The lowest BCUT2D eigenvalue weighted by Crippen LogP contribution is -2.48. The number of hydrogen-bond donors (Lipinski definition) is 0. The molecule has 0 aromatic heterocycles. The second kappa shape index (κ2) is 9.48. The van der Waals surface area contributed by atoms with Gasteiger partial charge in [-0.2, -0.15) is 0 Å². The number of amides is 2. The van der Waals surface area contributed by atoms with Crippen LogP contribution in [-0.4, -0.2) is 62.8 Å². The maximum absolute atomic E-state index is 14.6. The highest BCUT2D eigenvalue weighted by Gasteiger charge is 2.36. The molecule has 2 aliphatic heterocycles. The summed E-state index contributed by atoms with van der Waals surface area (Å²) >= 11 is 0. The van der Waals surface area contributed by atoms with Gasteiger partial charge in [0.05, 0.1) is 27.6 Å². The van der Waals surface area contributed by atoms with Crippen LogP contribution in [0.3, 0.4) is 0 Å². The van der Waals surface area contributed by atoms with Crippen molar-refractivity contribution in [2.75, 3.05) is 37.6 Å². The summed E-state index contributed by atoms with van der Waals surface area (Å²) in [6.07, 6.45) is 0. The monoisotopic (exact) mass is 507 g/mol. The molecule has 2 heterocycles. The van der Waals surface area contributed by atoms with Crippen molar-refractivity contribution in [1.82, 2.24) is 9.80 Å². The molecule has 3 aromatic carbocycles. The van der Waals surface area contributed by atoms with Gasteiger partial charge in [0.1, 0.15) is 5.82 Å². The van der Waals surface area contributed by atoms with Crippen molar-refractivity contribution < 1.29 is 22.4 Å². The maximum atomic E-state index is 14.6. The van der Waals surface area contributed by atoms with E-state index in [0.717, 1.165) is 19.6 Å². The highest BCUT2D eigenvalue weighted by molar-refractivity contribution is 7.91. The fraction of sp³-hybridized carbons (Fsp3) is 0.259. The molecule has 2 amide bonds. The molecule has 3 aromatic rings. The molecule has 0 radical (unpaired) electrons. The molecule has 0 unspecified atom stereocenters. The minimum atomic E-state index is -4.07. The lowest BCUT2D eigenvalue weighted by molar-refractivity contribution is 0.0643. The van der Waals surface area contributed by atoms with Crippen molar-refractivity contribution in [3.05, 3.63) is 89.2 Å². The minimum Gasteiger partial charge on any atom is -0.336 e. The first-order chi connectivity index (χ1) is 17.3. The fourth-order valence-corrected chi connectivity index (χ4v) is 6.37. The highest BCUT2D eigenvalue weighted by Crippen LogP contribution is 2.38. The molecule has 0 spiro atoms. The van der Waals surface area contributed by atoms with Gasteiger partial charge in [0, 0.05) is 37.3 Å². The zero-order valence-corrected chi connectivity index (χ0v) is 20.7. The largest absolute Gasteiger partial charge is 0.336 e. The number of halogens is 1. The van der Waals surface area contributed by atoms with Crippen LogP contribution in [0.15, 0.2) is 76.5 Å². The Labute approximate surface area is 209 Å². The normalized spacial score (nSPS) is 17.3. The van der Waals surface area contributed by atoms with E-state index in [0.29, 0.717) is 13.1 Å². The molecule has 0 saturated carbocycles. The zero-order chi connectivity index (χ0) is 25.4. The van der Waals surface area contributed by atoms with E-state index in [-0.39, 0.29) is 44.6 Å². The van der Waals surface area contributed by atoms with E-state index in [2.05, 4.69) is 11.8 Å². The summed E-state index contributed by atoms with van der Waals surface area (Å²) in [4.78, 5) is 32.1. The highest BCUT2D eigenvalue weighted by atomic mass is 32.2. The molecule has 1 fully saturated rings. The van der Waals surface area contributed by atoms with E-state index in [9.17, 15) is 22.4 Å². The maximum Gasteiger partial charge on any atom is 0.259 e. The SMILES string of the molecule is CCN1CCN(C(=O)c2ccc3c(c2)N(Cc2ccccc2F)C(=O)c2ccccc2S3(=O)=O)CC1. The number of piperazine rings is 1. The Hall–Kier alpha value is -3.56. The number of likely N-dealkylation sites (N-methyl/N-ethyl adjacent to an activating group) is 1. The molecule has 186 valence electrons. The second-order valence-electron chi connectivity index (χ2n) is 8.89. The van der Waals surface area contributed by atoms with Crippen molar-refractivity contribution in [3.8, 4) is 0 Å². The van der Waals surface area contributed by atoms with Crippen LogP contribution in [0.5, 0.6) is 0 Å². The molecule has 0 atom stereocenters. The van der Waals surface area contributed by atoms with Crippen LogP contribution in [0, 0.1) is 5.82 Å². The van der Waals surface area contributed by atoms with Gasteiger partial charge in [-0.05, 0) is 42.9 Å². The first-order valence-electron chi connectivity index (χ1n) is 11.9. The van der Waals surface area contributed by atoms with Crippen LogP contribution in [0.2, 0.25) is 0 Å². The summed E-state index contributed by atoms with van der Waals surface area (Å²) in [7, 11) is -4.07. The number of hydrogen-bond acceptors (Lipinski definition) is 5. The summed E-state index contributed by atoms with van der Waals surface area (Å²) in [6, 6.07) is 16.4. The van der Waals surface area contributed by atoms with Crippen LogP contribution in [-0.2, 0) is 16.4 Å². The molecule has 7 nitrogen and oxygen atoms in total. The summed E-state index contributed by atoms with van der Waals surface area (Å²) in [5.74, 6) is -1.31. The molecule has 36 heavy (non-hydrogen) atoms. The van der Waals surface area contributed by atoms with Crippen molar-refractivity contribution in [2.45, 2.75) is 23.3 Å². The average molecular weight is 508 g/mol. The molecule has 2 aliphatic rings. The van der Waals surface area contributed by atoms with Crippen molar-refractivity contribution in [3.63, 3.8) is 0 Å². The zero-order valence-electron chi connectivity index (χ0n) is 19.9. The van der Waals surface area contributed by atoms with E-state index in [4.69, 9.17) is 0 Å². The first-order valence-corrected chi connectivity index (χ1v) is 13.3. The van der Waals surface area contributed by atoms with E-state index in [1.807, 2.05) is 0 Å². The molecule has 1 saturated heterocycles. The van der Waals surface area contributed by atoms with Crippen LogP contribution < -0.4 is 4.90 Å². The van der Waals surface area contributed by atoms with Gasteiger partial charge < -0.3 is 14.7 Å². The smallest absolute Gasteiger partial charge is 0.259 e. The molecular weight excluding hydrogens is 481 g/mol. The summed E-state index contributed by atoms with van der Waals surface area (Å²) in [5, 5.41) is 0. The second-order valence-corrected chi connectivity index (χ2v) is 10.8. The molecule has 0 bridgehead atoms. The van der Waals surface area contributed by atoms with Gasteiger partial charge in [-0.15, -0.1) is 0 Å². The number of carbonyl (C=O) groups is 2. The Morgan fingerprint density at radius 1 is 0.917 bits per heavy atom. The molecule has 5 rings (SSSR count). The quantitative estimate of drug-likeness (QED) is 0.539. The molecule has 9 heteroatoms. The number of carbonyl (C=O) groups excluding carboxylic acids is 2. The Balaban J connectivity index is 1.62. The average Bonchev–Trinajstić information content (AvgIpc) is 2.97. The van der Waals surface area contributed by atoms with Gasteiger partial charge >= 0.3 is 0 Å². The first kappa shape index (κ1) is 24.1. The van der Waals surface area contributed by atoms with Gasteiger partial charge in [-0.25, -0.2) is 12.8 Å². The topological polar surface area (TPSA) is 78.0 Å². The van der Waals surface area contributed by atoms with Crippen molar-refractivity contribution in [1.29, 1.82) is 0 Å². The lowest BCUT2D eigenvalue weighted by Gasteiger charge is -2.34. The Morgan fingerprint density at radius 3 is 2.33 bits per heavy atom. The van der Waals surface area contributed by atoms with Crippen molar-refractivity contribution in [2.24, 2.45) is 0 Å². The summed E-state index contributed by atoms with van der Waals surface area (Å²) in [5.41, 5.74) is 0.596.